The first-order valence-corrected chi connectivity index (χ1v) is 3.72. The lowest BCUT2D eigenvalue weighted by atomic mass is 10.1. The Morgan fingerprint density at radius 2 is 2.08 bits per heavy atom. The molecule has 0 unspecified atom stereocenters. The number of hydrogen-bond donors (Lipinski definition) is 3. The summed E-state index contributed by atoms with van der Waals surface area (Å²) in [5.74, 6) is -0.930. The van der Waals surface area contributed by atoms with E-state index in [2.05, 4.69) is 4.98 Å². The van der Waals surface area contributed by atoms with E-state index in [4.69, 9.17) is 10.2 Å². The molecule has 0 amide bonds. The van der Waals surface area contributed by atoms with E-state index in [9.17, 15) is 4.79 Å². The Labute approximate surface area is 73.4 Å². The van der Waals surface area contributed by atoms with Crippen LogP contribution in [0.5, 0.6) is 5.88 Å². The zero-order chi connectivity index (χ0) is 9.42. The molecule has 2 aromatic rings. The number of benzene rings is 1. The van der Waals surface area contributed by atoms with Crippen molar-refractivity contribution in [2.75, 3.05) is 0 Å². The average Bonchev–Trinajstić information content (AvgIpc) is 2.42. The summed E-state index contributed by atoms with van der Waals surface area (Å²) in [5, 5.41) is 18.5. The summed E-state index contributed by atoms with van der Waals surface area (Å²) in [6.45, 7) is 0. The van der Waals surface area contributed by atoms with Crippen LogP contribution in [0, 0.1) is 0 Å². The van der Waals surface area contributed by atoms with Crippen molar-refractivity contribution in [3.63, 3.8) is 0 Å². The van der Waals surface area contributed by atoms with E-state index in [0.29, 0.717) is 5.39 Å². The summed E-state index contributed by atoms with van der Waals surface area (Å²) < 4.78 is 0. The van der Waals surface area contributed by atoms with Gasteiger partial charge in [0.1, 0.15) is 0 Å². The quantitative estimate of drug-likeness (QED) is 0.619. The maximum atomic E-state index is 10.6. The average molecular weight is 177 g/mol. The van der Waals surface area contributed by atoms with Crippen LogP contribution in [0.15, 0.2) is 24.3 Å². The predicted octanol–water partition coefficient (Wildman–Crippen LogP) is 1.57. The number of rotatable bonds is 1. The lowest BCUT2D eigenvalue weighted by Gasteiger charge is -1.92. The van der Waals surface area contributed by atoms with E-state index in [1.807, 2.05) is 0 Å². The molecule has 3 N–H and O–H groups in total. The van der Waals surface area contributed by atoms with Crippen molar-refractivity contribution >= 4 is 16.9 Å². The number of H-pyrrole nitrogens is 1. The minimum atomic E-state index is -0.970. The number of hydrogen-bond acceptors (Lipinski definition) is 2. The van der Waals surface area contributed by atoms with Gasteiger partial charge in [-0.3, -0.25) is 0 Å². The van der Waals surface area contributed by atoms with Crippen molar-refractivity contribution in [2.24, 2.45) is 0 Å². The van der Waals surface area contributed by atoms with Crippen LogP contribution in [0.4, 0.5) is 0 Å². The van der Waals surface area contributed by atoms with Crippen LogP contribution in [0.2, 0.25) is 0 Å². The van der Waals surface area contributed by atoms with Crippen LogP contribution < -0.4 is 0 Å². The monoisotopic (exact) mass is 177 g/mol. The third-order valence-electron chi connectivity index (χ3n) is 1.85. The van der Waals surface area contributed by atoms with Crippen molar-refractivity contribution in [3.05, 3.63) is 29.8 Å². The van der Waals surface area contributed by atoms with Gasteiger partial charge in [-0.25, -0.2) is 4.79 Å². The molecule has 1 aromatic carbocycles. The van der Waals surface area contributed by atoms with Crippen LogP contribution in [-0.2, 0) is 0 Å². The van der Waals surface area contributed by atoms with Gasteiger partial charge in [0, 0.05) is 17.0 Å². The summed E-state index contributed by atoms with van der Waals surface area (Å²) in [7, 11) is 0. The first-order valence-electron chi connectivity index (χ1n) is 3.72. The van der Waals surface area contributed by atoms with Gasteiger partial charge in [-0.05, 0) is 18.2 Å². The number of carboxylic acids is 1. The van der Waals surface area contributed by atoms with E-state index in [-0.39, 0.29) is 11.4 Å². The zero-order valence-electron chi connectivity index (χ0n) is 6.61. The number of aromatic hydroxyl groups is 1. The summed E-state index contributed by atoms with van der Waals surface area (Å²) in [6, 6.07) is 6.11. The first kappa shape index (κ1) is 7.67. The Morgan fingerprint density at radius 3 is 2.77 bits per heavy atom. The Hall–Kier alpha value is -1.97. The van der Waals surface area contributed by atoms with E-state index >= 15 is 0 Å². The highest BCUT2D eigenvalue weighted by Gasteiger charge is 2.04. The Bertz CT molecular complexity index is 473. The second kappa shape index (κ2) is 2.52. The van der Waals surface area contributed by atoms with E-state index in [0.717, 1.165) is 5.52 Å². The van der Waals surface area contributed by atoms with Gasteiger partial charge in [0.25, 0.3) is 0 Å². The molecule has 0 aliphatic rings. The Balaban J connectivity index is 2.67. The van der Waals surface area contributed by atoms with Gasteiger partial charge in [0.05, 0.1) is 5.56 Å². The van der Waals surface area contributed by atoms with Crippen LogP contribution in [0.1, 0.15) is 10.4 Å². The third-order valence-corrected chi connectivity index (χ3v) is 1.85. The van der Waals surface area contributed by atoms with Crippen LogP contribution >= 0.6 is 0 Å². The molecule has 0 spiro atoms. The molecule has 0 saturated heterocycles. The smallest absolute Gasteiger partial charge is 0.335 e. The zero-order valence-corrected chi connectivity index (χ0v) is 6.61. The van der Waals surface area contributed by atoms with Crippen molar-refractivity contribution in [1.29, 1.82) is 0 Å². The van der Waals surface area contributed by atoms with Crippen molar-refractivity contribution in [1.82, 2.24) is 4.98 Å². The maximum absolute atomic E-state index is 10.6. The molecule has 0 aliphatic heterocycles. The van der Waals surface area contributed by atoms with E-state index in [1.165, 1.54) is 18.2 Å². The maximum Gasteiger partial charge on any atom is 0.335 e. The summed E-state index contributed by atoms with van der Waals surface area (Å²) in [5.41, 5.74) is 0.939. The number of aromatic carboxylic acids is 1. The lowest BCUT2D eigenvalue weighted by molar-refractivity contribution is 0.0697. The molecular weight excluding hydrogens is 170 g/mol. The van der Waals surface area contributed by atoms with Crippen LogP contribution in [0.3, 0.4) is 0 Å². The SMILES string of the molecule is O=C(O)c1ccc2[nH]c(O)cc2c1. The third kappa shape index (κ3) is 1.22. The molecule has 1 heterocycles. The fraction of sp³-hybridized carbons (Fsp3) is 0. The molecule has 0 saturated carbocycles. The first-order chi connectivity index (χ1) is 6.16. The molecule has 13 heavy (non-hydrogen) atoms. The number of aromatic nitrogens is 1. The van der Waals surface area contributed by atoms with Crippen molar-refractivity contribution in [2.45, 2.75) is 0 Å². The summed E-state index contributed by atoms with van der Waals surface area (Å²) >= 11 is 0. The Morgan fingerprint density at radius 1 is 1.31 bits per heavy atom. The summed E-state index contributed by atoms with van der Waals surface area (Å²) in [6.07, 6.45) is 0. The molecule has 1 aromatic heterocycles. The number of aromatic amines is 1. The van der Waals surface area contributed by atoms with Gasteiger partial charge in [-0.1, -0.05) is 0 Å². The molecule has 0 radical (unpaired) electrons. The Kier molecular flexibility index (Phi) is 1.48. The van der Waals surface area contributed by atoms with Gasteiger partial charge in [-0.2, -0.15) is 0 Å². The van der Waals surface area contributed by atoms with Gasteiger partial charge in [-0.15, -0.1) is 0 Å². The van der Waals surface area contributed by atoms with Gasteiger partial charge >= 0.3 is 5.97 Å². The lowest BCUT2D eigenvalue weighted by Crippen LogP contribution is -1.94. The molecule has 0 atom stereocenters. The van der Waals surface area contributed by atoms with Gasteiger partial charge < -0.3 is 15.2 Å². The minimum absolute atomic E-state index is 0.0394. The van der Waals surface area contributed by atoms with Gasteiger partial charge in [0.2, 0.25) is 0 Å². The molecule has 4 nitrogen and oxygen atoms in total. The number of carboxylic acid groups (broad SMARTS) is 1. The number of fused-ring (bicyclic) bond motifs is 1. The molecule has 0 aliphatic carbocycles. The standard InChI is InChI=1S/C9H7NO3/c11-8-4-6-3-5(9(12)13)1-2-7(6)10-8/h1-4,10-11H,(H,12,13). The predicted molar refractivity (Wildman–Crippen MR) is 46.9 cm³/mol. The van der Waals surface area contributed by atoms with Crippen LogP contribution in [0.25, 0.3) is 10.9 Å². The highest BCUT2D eigenvalue weighted by Crippen LogP contribution is 2.20. The largest absolute Gasteiger partial charge is 0.495 e. The van der Waals surface area contributed by atoms with Crippen molar-refractivity contribution < 1.29 is 15.0 Å². The second-order valence-electron chi connectivity index (χ2n) is 2.76. The molecule has 0 bridgehead atoms. The molecule has 66 valence electrons. The highest BCUT2D eigenvalue weighted by molar-refractivity contribution is 5.93. The molecule has 0 fully saturated rings. The summed E-state index contributed by atoms with van der Waals surface area (Å²) in [4.78, 5) is 13.3. The second-order valence-corrected chi connectivity index (χ2v) is 2.76. The van der Waals surface area contributed by atoms with Crippen molar-refractivity contribution in [3.8, 4) is 5.88 Å². The van der Waals surface area contributed by atoms with E-state index in [1.54, 1.807) is 6.07 Å². The fourth-order valence-corrected chi connectivity index (χ4v) is 1.25. The van der Waals surface area contributed by atoms with Gasteiger partial charge in [0.15, 0.2) is 5.88 Å². The topological polar surface area (TPSA) is 73.3 Å². The van der Waals surface area contributed by atoms with Crippen LogP contribution in [-0.4, -0.2) is 21.2 Å². The number of carbonyl (C=O) groups is 1. The molecular formula is C9H7NO3. The molecule has 2 rings (SSSR count). The fourth-order valence-electron chi connectivity index (χ4n) is 1.25. The highest BCUT2D eigenvalue weighted by atomic mass is 16.4. The van der Waals surface area contributed by atoms with E-state index < -0.39 is 5.97 Å². The normalized spacial score (nSPS) is 10.5. The molecule has 4 heteroatoms. The number of nitrogens with one attached hydrogen (secondary N) is 1. The minimum Gasteiger partial charge on any atom is -0.495 e.